The normalized spacial score (nSPS) is 17.5. The minimum Gasteiger partial charge on any atom is -0.489 e. The van der Waals surface area contributed by atoms with Crippen LogP contribution in [0.3, 0.4) is 0 Å². The molecule has 2 amide bonds. The van der Waals surface area contributed by atoms with E-state index in [2.05, 4.69) is 20.5 Å². The summed E-state index contributed by atoms with van der Waals surface area (Å²) < 4.78 is 63.0. The van der Waals surface area contributed by atoms with E-state index in [9.17, 15) is 18.0 Å². The fourth-order valence-corrected chi connectivity index (χ4v) is 7.29. The highest BCUT2D eigenvalue weighted by Gasteiger charge is 2.56. The zero-order valence-corrected chi connectivity index (χ0v) is 28.3. The summed E-state index contributed by atoms with van der Waals surface area (Å²) in [6.45, 7) is 4.65. The van der Waals surface area contributed by atoms with E-state index in [-0.39, 0.29) is 35.3 Å². The molecule has 0 radical (unpaired) electrons. The van der Waals surface area contributed by atoms with Crippen molar-refractivity contribution in [2.24, 2.45) is 5.41 Å². The van der Waals surface area contributed by atoms with Crippen molar-refractivity contribution in [2.45, 2.75) is 26.2 Å². The summed E-state index contributed by atoms with van der Waals surface area (Å²) in [6.07, 6.45) is 3.00. The summed E-state index contributed by atoms with van der Waals surface area (Å²) in [5.41, 5.74) is 1.12. The summed E-state index contributed by atoms with van der Waals surface area (Å²) in [5.74, 6) is 0.129. The second-order valence-corrected chi connectivity index (χ2v) is 15.0. The molecule has 3 aromatic carbocycles. The van der Waals surface area contributed by atoms with E-state index in [1.165, 1.54) is 18.3 Å². The molecule has 2 N–H and O–H groups in total. The molecular weight excluding hydrogens is 667 g/mol. The van der Waals surface area contributed by atoms with Crippen molar-refractivity contribution in [2.75, 3.05) is 61.6 Å². The molecule has 2 aliphatic heterocycles. The van der Waals surface area contributed by atoms with Gasteiger partial charge in [0.25, 0.3) is 0 Å². The number of ether oxygens (including phenoxy) is 4. The number of hydrogen-bond acceptors (Lipinski definition) is 10. The van der Waals surface area contributed by atoms with Crippen LogP contribution in [0.2, 0.25) is 0 Å². The minimum atomic E-state index is -2.94. The van der Waals surface area contributed by atoms with Gasteiger partial charge < -0.3 is 34.5 Å². The van der Waals surface area contributed by atoms with Crippen LogP contribution in [0, 0.1) is 18.2 Å². The number of rotatable bonds is 11. The van der Waals surface area contributed by atoms with Crippen molar-refractivity contribution >= 4 is 43.9 Å². The lowest BCUT2D eigenvalue weighted by atomic mass is 10.0. The average Bonchev–Trinajstić information content (AvgIpc) is 3.92. The van der Waals surface area contributed by atoms with Crippen molar-refractivity contribution in [3.8, 4) is 28.7 Å². The number of carbonyl (C=O) groups excluding carboxylic acids is 2. The number of sulfone groups is 1. The summed E-state index contributed by atoms with van der Waals surface area (Å²) in [6, 6.07) is 14.7. The number of anilines is 2. The first-order valence-electron chi connectivity index (χ1n) is 16.5. The molecule has 1 aliphatic carbocycles. The number of pyridine rings is 1. The molecule has 262 valence electrons. The topological polar surface area (TPSA) is 145 Å². The van der Waals surface area contributed by atoms with Crippen LogP contribution in [0.1, 0.15) is 24.8 Å². The Morgan fingerprint density at radius 1 is 0.900 bits per heavy atom. The van der Waals surface area contributed by atoms with Crippen molar-refractivity contribution in [3.63, 3.8) is 0 Å². The summed E-state index contributed by atoms with van der Waals surface area (Å²) >= 11 is 0. The van der Waals surface area contributed by atoms with E-state index in [1.54, 1.807) is 24.3 Å². The molecule has 4 aromatic rings. The zero-order valence-electron chi connectivity index (χ0n) is 27.5. The molecule has 7 rings (SSSR count). The van der Waals surface area contributed by atoms with Gasteiger partial charge in [-0.1, -0.05) is 17.7 Å². The van der Waals surface area contributed by atoms with Gasteiger partial charge in [-0.25, -0.2) is 12.8 Å². The van der Waals surface area contributed by atoms with E-state index >= 15 is 4.39 Å². The Morgan fingerprint density at radius 2 is 1.58 bits per heavy atom. The van der Waals surface area contributed by atoms with Crippen LogP contribution in [0.5, 0.6) is 28.7 Å². The fraction of sp³-hybridized carbons (Fsp3) is 0.361. The highest BCUT2D eigenvalue weighted by molar-refractivity contribution is 7.91. The number of nitrogens with one attached hydrogen (secondary N) is 2. The van der Waals surface area contributed by atoms with Gasteiger partial charge in [0, 0.05) is 49.3 Å². The fourth-order valence-electron chi connectivity index (χ4n) is 6.01. The first kappa shape index (κ1) is 33.5. The third-order valence-corrected chi connectivity index (χ3v) is 10.7. The number of nitrogens with zero attached hydrogens (tertiary/aromatic N) is 2. The zero-order chi connectivity index (χ0) is 34.9. The van der Waals surface area contributed by atoms with E-state index < -0.39 is 32.9 Å². The van der Waals surface area contributed by atoms with Crippen LogP contribution in [0.15, 0.2) is 60.8 Å². The average molecular weight is 705 g/mol. The van der Waals surface area contributed by atoms with Crippen LogP contribution in [0.4, 0.5) is 15.8 Å². The highest BCUT2D eigenvalue weighted by atomic mass is 32.2. The van der Waals surface area contributed by atoms with E-state index in [0.29, 0.717) is 85.9 Å². The minimum absolute atomic E-state index is 0.0925. The number of halogens is 1. The lowest BCUT2D eigenvalue weighted by molar-refractivity contribution is -0.131. The molecule has 12 nitrogen and oxygen atoms in total. The number of benzene rings is 3. The molecule has 3 aliphatic rings. The first-order valence-corrected chi connectivity index (χ1v) is 18.4. The Hall–Kier alpha value is -4.95. The van der Waals surface area contributed by atoms with Crippen molar-refractivity contribution < 1.29 is 41.3 Å². The van der Waals surface area contributed by atoms with Crippen LogP contribution < -0.4 is 29.6 Å². The van der Waals surface area contributed by atoms with Gasteiger partial charge in [-0.05, 0) is 56.5 Å². The summed E-state index contributed by atoms with van der Waals surface area (Å²) in [7, 11) is -2.94. The van der Waals surface area contributed by atoms with Gasteiger partial charge in [0.05, 0.1) is 29.0 Å². The van der Waals surface area contributed by atoms with Gasteiger partial charge >= 0.3 is 0 Å². The lowest BCUT2D eigenvalue weighted by Crippen LogP contribution is -2.40. The number of hydrogen-bond donors (Lipinski definition) is 2. The number of fused-ring (bicyclic) bond motifs is 3. The number of aromatic nitrogens is 1. The van der Waals surface area contributed by atoms with Crippen LogP contribution >= 0.6 is 0 Å². The van der Waals surface area contributed by atoms with E-state index in [1.807, 2.05) is 19.1 Å². The number of aryl methyl sites for hydroxylation is 1. The van der Waals surface area contributed by atoms with E-state index in [4.69, 9.17) is 18.9 Å². The molecular formula is C36H37FN4O8S. The largest absolute Gasteiger partial charge is 0.489 e. The molecule has 1 aromatic heterocycles. The van der Waals surface area contributed by atoms with Crippen LogP contribution in [-0.4, -0.2) is 81.1 Å². The van der Waals surface area contributed by atoms with Crippen molar-refractivity contribution in [1.82, 2.24) is 9.88 Å². The molecule has 0 unspecified atom stereocenters. The second-order valence-electron chi connectivity index (χ2n) is 12.7. The van der Waals surface area contributed by atoms with Gasteiger partial charge in [0.15, 0.2) is 32.9 Å². The highest BCUT2D eigenvalue weighted by Crippen LogP contribution is 2.49. The van der Waals surface area contributed by atoms with E-state index in [0.717, 1.165) is 11.6 Å². The molecule has 1 saturated carbocycles. The SMILES string of the molecule is Cc1ccc(NC(=O)C2(C(=O)Nc3ccc(Oc4ccnc5cc(OCCCN6CCS(=O)(=O)CC6)c6c(c45)OCCO6)c(F)c3)CC2)cc1. The van der Waals surface area contributed by atoms with Crippen LogP contribution in [0.25, 0.3) is 10.9 Å². The number of carbonyl (C=O) groups is 2. The molecule has 14 heteroatoms. The predicted octanol–water partition coefficient (Wildman–Crippen LogP) is 5.10. The molecule has 0 bridgehead atoms. The maximum atomic E-state index is 15.4. The monoisotopic (exact) mass is 704 g/mol. The smallest absolute Gasteiger partial charge is 0.240 e. The number of amides is 2. The quantitative estimate of drug-likeness (QED) is 0.160. The van der Waals surface area contributed by atoms with Gasteiger partial charge in [-0.15, -0.1) is 0 Å². The first-order chi connectivity index (χ1) is 24.1. The Morgan fingerprint density at radius 3 is 2.28 bits per heavy atom. The molecule has 1 saturated heterocycles. The second kappa shape index (κ2) is 13.8. The van der Waals surface area contributed by atoms with Crippen molar-refractivity contribution in [1.29, 1.82) is 0 Å². The predicted molar refractivity (Wildman–Crippen MR) is 185 cm³/mol. The molecule has 0 atom stereocenters. The lowest BCUT2D eigenvalue weighted by Gasteiger charge is -2.26. The standard InChI is InChI=1S/C36H37FN4O8S/c1-23-3-5-24(6-4-23)39-34(42)36(10-11-36)35(43)40-25-7-8-28(26(37)21-25)49-29-9-12-38-27-22-30(32-33(31(27)29)48-18-17-47-32)46-16-2-13-41-14-19-50(44,45)20-15-41/h3-9,12,21-22H,2,10-11,13-20H2,1H3,(H,39,42)(H,40,43). The maximum absolute atomic E-state index is 15.4. The summed E-state index contributed by atoms with van der Waals surface area (Å²) in [4.78, 5) is 32.7. The molecule has 3 heterocycles. The Balaban J connectivity index is 1.03. The third-order valence-electron chi connectivity index (χ3n) is 9.09. The Bertz CT molecular complexity index is 2040. The van der Waals surface area contributed by atoms with Gasteiger partial charge in [-0.3, -0.25) is 14.6 Å². The Kier molecular flexibility index (Phi) is 9.23. The molecule has 0 spiro atoms. The maximum Gasteiger partial charge on any atom is 0.240 e. The summed E-state index contributed by atoms with van der Waals surface area (Å²) in [5, 5.41) is 5.98. The van der Waals surface area contributed by atoms with Crippen LogP contribution in [-0.2, 0) is 19.4 Å². The molecule has 2 fully saturated rings. The third kappa shape index (κ3) is 7.17. The Labute approximate surface area is 288 Å². The van der Waals surface area contributed by atoms with Crippen molar-refractivity contribution in [3.05, 3.63) is 72.2 Å². The van der Waals surface area contributed by atoms with Gasteiger partial charge in [0.1, 0.15) is 24.4 Å². The van der Waals surface area contributed by atoms with Gasteiger partial charge in [0.2, 0.25) is 17.6 Å². The van der Waals surface area contributed by atoms with Gasteiger partial charge in [-0.2, -0.15) is 0 Å². The molecule has 50 heavy (non-hydrogen) atoms.